The lowest BCUT2D eigenvalue weighted by molar-refractivity contribution is -0.147. The Kier molecular flexibility index (Phi) is 3.52. The first kappa shape index (κ1) is 13.3. The zero-order valence-electron chi connectivity index (χ0n) is 10.5. The molecule has 0 radical (unpaired) electrons. The number of benzene rings is 1. The smallest absolute Gasteiger partial charge is 0.291 e. The van der Waals surface area contributed by atoms with Crippen LogP contribution in [0.15, 0.2) is 29.2 Å². The van der Waals surface area contributed by atoms with Gasteiger partial charge in [0.05, 0.1) is 6.54 Å². The maximum atomic E-state index is 12.6. The summed E-state index contributed by atoms with van der Waals surface area (Å²) in [7, 11) is 0. The van der Waals surface area contributed by atoms with Crippen LogP contribution in [0, 0.1) is 0 Å². The molecule has 1 aromatic rings. The van der Waals surface area contributed by atoms with E-state index in [4.69, 9.17) is 0 Å². The molecule has 0 bridgehead atoms. The Morgan fingerprint density at radius 1 is 1.21 bits per heavy atom. The first-order valence-electron chi connectivity index (χ1n) is 6.56. The van der Waals surface area contributed by atoms with Crippen molar-refractivity contribution in [1.82, 2.24) is 4.90 Å². The quantitative estimate of drug-likeness (QED) is 0.830. The summed E-state index contributed by atoms with van der Waals surface area (Å²) in [5, 5.41) is 0.264. The molecule has 2 aliphatic rings. The minimum absolute atomic E-state index is 0.158. The van der Waals surface area contributed by atoms with E-state index in [2.05, 4.69) is 12.1 Å². The van der Waals surface area contributed by atoms with E-state index in [9.17, 15) is 13.2 Å². The Balaban J connectivity index is 1.62. The maximum Gasteiger partial charge on any atom is 0.401 e. The van der Waals surface area contributed by atoms with Crippen molar-refractivity contribution in [2.24, 2.45) is 0 Å². The molecule has 3 rings (SSSR count). The minimum Gasteiger partial charge on any atom is -0.291 e. The fraction of sp³-hybridized carbons (Fsp3) is 0.571. The molecule has 1 nitrogen and oxygen atoms in total. The average Bonchev–Trinajstić information content (AvgIpc) is 3.07. The van der Waals surface area contributed by atoms with Crippen LogP contribution in [-0.4, -0.2) is 35.5 Å². The van der Waals surface area contributed by atoms with Crippen LogP contribution < -0.4 is 0 Å². The number of thioether (sulfide) groups is 1. The van der Waals surface area contributed by atoms with Crippen LogP contribution >= 0.6 is 11.8 Å². The second-order valence-corrected chi connectivity index (χ2v) is 6.67. The average molecular weight is 287 g/mol. The molecular weight excluding hydrogens is 271 g/mol. The lowest BCUT2D eigenvalue weighted by atomic mass is 10.1. The van der Waals surface area contributed by atoms with Gasteiger partial charge in [-0.25, -0.2) is 0 Å². The summed E-state index contributed by atoms with van der Waals surface area (Å²) in [4.78, 5) is 2.86. The van der Waals surface area contributed by atoms with E-state index in [1.807, 2.05) is 12.1 Å². The zero-order chi connectivity index (χ0) is 13.5. The van der Waals surface area contributed by atoms with Gasteiger partial charge in [0.1, 0.15) is 0 Å². The van der Waals surface area contributed by atoms with Crippen LogP contribution in [-0.2, 0) is 6.42 Å². The molecule has 104 valence electrons. The first-order valence-corrected chi connectivity index (χ1v) is 7.44. The van der Waals surface area contributed by atoms with Crippen molar-refractivity contribution < 1.29 is 13.2 Å². The molecule has 0 spiro atoms. The standard InChI is InChI=1S/C14H16F3NS/c15-14(16,17)9-18(11-5-6-11)8-12-7-10-3-1-2-4-13(10)19-12/h1-4,11-12H,5-9H2. The molecule has 0 N–H and O–H groups in total. The second-order valence-electron chi connectivity index (χ2n) is 5.33. The van der Waals surface area contributed by atoms with E-state index in [-0.39, 0.29) is 11.3 Å². The normalized spacial score (nSPS) is 22.8. The molecule has 1 unspecified atom stereocenters. The second kappa shape index (κ2) is 5.02. The molecule has 1 heterocycles. The van der Waals surface area contributed by atoms with Crippen molar-refractivity contribution in [3.8, 4) is 0 Å². The monoisotopic (exact) mass is 287 g/mol. The molecule has 1 aliphatic heterocycles. The summed E-state index contributed by atoms with van der Waals surface area (Å²) in [6.07, 6.45) is -1.36. The molecule has 1 aliphatic carbocycles. The fourth-order valence-corrected chi connectivity index (χ4v) is 3.98. The first-order chi connectivity index (χ1) is 9.01. The highest BCUT2D eigenvalue weighted by Crippen LogP contribution is 2.39. The summed E-state index contributed by atoms with van der Waals surface area (Å²) in [6.45, 7) is -0.214. The number of alkyl halides is 3. The summed E-state index contributed by atoms with van der Waals surface area (Å²) in [5.41, 5.74) is 1.28. The van der Waals surface area contributed by atoms with Crippen LogP contribution in [0.1, 0.15) is 18.4 Å². The number of halogens is 3. The van der Waals surface area contributed by atoms with Gasteiger partial charge in [-0.2, -0.15) is 13.2 Å². The molecular formula is C14H16F3NS. The van der Waals surface area contributed by atoms with E-state index in [0.717, 1.165) is 19.3 Å². The lowest BCUT2D eigenvalue weighted by Crippen LogP contribution is -2.39. The van der Waals surface area contributed by atoms with Crippen molar-refractivity contribution >= 4 is 11.8 Å². The van der Waals surface area contributed by atoms with E-state index in [1.54, 1.807) is 16.7 Å². The molecule has 0 aromatic heterocycles. The Hall–Kier alpha value is -0.680. The maximum absolute atomic E-state index is 12.6. The van der Waals surface area contributed by atoms with Gasteiger partial charge in [0.2, 0.25) is 0 Å². The molecule has 1 fully saturated rings. The molecule has 1 aromatic carbocycles. The van der Waals surface area contributed by atoms with Gasteiger partial charge < -0.3 is 0 Å². The summed E-state index contributed by atoms with van der Waals surface area (Å²) >= 11 is 1.73. The summed E-state index contributed by atoms with van der Waals surface area (Å²) < 4.78 is 37.7. The van der Waals surface area contributed by atoms with Crippen LogP contribution in [0.4, 0.5) is 13.2 Å². The molecule has 1 saturated carbocycles. The van der Waals surface area contributed by atoms with Gasteiger partial charge in [-0.3, -0.25) is 4.90 Å². The summed E-state index contributed by atoms with van der Waals surface area (Å²) in [5.74, 6) is 0. The lowest BCUT2D eigenvalue weighted by Gasteiger charge is -2.25. The number of nitrogens with zero attached hydrogens (tertiary/aromatic N) is 1. The van der Waals surface area contributed by atoms with Crippen LogP contribution in [0.25, 0.3) is 0 Å². The van der Waals surface area contributed by atoms with Gasteiger partial charge >= 0.3 is 6.18 Å². The third kappa shape index (κ3) is 3.45. The van der Waals surface area contributed by atoms with Crippen LogP contribution in [0.5, 0.6) is 0 Å². The van der Waals surface area contributed by atoms with Gasteiger partial charge in [0.15, 0.2) is 0 Å². The van der Waals surface area contributed by atoms with Crippen molar-refractivity contribution in [2.75, 3.05) is 13.1 Å². The van der Waals surface area contributed by atoms with Gasteiger partial charge in [0.25, 0.3) is 0 Å². The molecule has 0 amide bonds. The largest absolute Gasteiger partial charge is 0.401 e. The highest BCUT2D eigenvalue weighted by atomic mass is 32.2. The van der Waals surface area contributed by atoms with Gasteiger partial charge in [0, 0.05) is 22.7 Å². The third-order valence-corrected chi connectivity index (χ3v) is 4.90. The van der Waals surface area contributed by atoms with E-state index in [1.165, 1.54) is 10.5 Å². The Morgan fingerprint density at radius 2 is 1.95 bits per heavy atom. The van der Waals surface area contributed by atoms with Crippen molar-refractivity contribution in [3.05, 3.63) is 29.8 Å². The predicted octanol–water partition coefficient (Wildman–Crippen LogP) is 3.73. The third-order valence-electron chi connectivity index (χ3n) is 3.60. The van der Waals surface area contributed by atoms with Crippen molar-refractivity contribution in [3.63, 3.8) is 0 Å². The Bertz CT molecular complexity index is 431. The van der Waals surface area contributed by atoms with Gasteiger partial charge in [-0.05, 0) is 30.9 Å². The number of rotatable bonds is 4. The molecule has 5 heteroatoms. The topological polar surface area (TPSA) is 3.24 Å². The summed E-state index contributed by atoms with van der Waals surface area (Å²) in [6, 6.07) is 8.28. The number of hydrogen-bond donors (Lipinski definition) is 0. The molecule has 19 heavy (non-hydrogen) atoms. The predicted molar refractivity (Wildman–Crippen MR) is 70.4 cm³/mol. The number of fused-ring (bicyclic) bond motifs is 1. The number of hydrogen-bond acceptors (Lipinski definition) is 2. The van der Waals surface area contributed by atoms with Gasteiger partial charge in [-0.15, -0.1) is 11.8 Å². The highest BCUT2D eigenvalue weighted by Gasteiger charge is 2.39. The van der Waals surface area contributed by atoms with Crippen molar-refractivity contribution in [1.29, 1.82) is 0 Å². The Labute approximate surface area is 115 Å². The van der Waals surface area contributed by atoms with Crippen molar-refractivity contribution in [2.45, 2.75) is 41.6 Å². The fourth-order valence-electron chi connectivity index (χ4n) is 2.63. The van der Waals surface area contributed by atoms with E-state index < -0.39 is 12.7 Å². The SMILES string of the molecule is FC(F)(F)CN(CC1Cc2ccccc2S1)C1CC1. The molecule has 0 saturated heterocycles. The van der Waals surface area contributed by atoms with E-state index in [0.29, 0.717) is 6.54 Å². The van der Waals surface area contributed by atoms with Crippen LogP contribution in [0.2, 0.25) is 0 Å². The van der Waals surface area contributed by atoms with E-state index >= 15 is 0 Å². The molecule has 1 atom stereocenters. The zero-order valence-corrected chi connectivity index (χ0v) is 11.3. The minimum atomic E-state index is -4.08. The Morgan fingerprint density at radius 3 is 2.58 bits per heavy atom. The van der Waals surface area contributed by atoms with Crippen LogP contribution in [0.3, 0.4) is 0 Å². The highest BCUT2D eigenvalue weighted by molar-refractivity contribution is 8.00. The van der Waals surface area contributed by atoms with Gasteiger partial charge in [-0.1, -0.05) is 18.2 Å².